The van der Waals surface area contributed by atoms with Gasteiger partial charge in [0, 0.05) is 23.8 Å². The first-order valence-electron chi connectivity index (χ1n) is 11.1. The van der Waals surface area contributed by atoms with E-state index in [-0.39, 0.29) is 17.0 Å². The summed E-state index contributed by atoms with van der Waals surface area (Å²) in [5.74, 6) is 4.99. The topological polar surface area (TPSA) is 43.4 Å². The summed E-state index contributed by atoms with van der Waals surface area (Å²) >= 11 is 0. The van der Waals surface area contributed by atoms with E-state index in [0.29, 0.717) is 29.5 Å². The Morgan fingerprint density at radius 1 is 1.22 bits per heavy atom. The molecule has 0 radical (unpaired) electrons. The van der Waals surface area contributed by atoms with Crippen LogP contribution in [0.2, 0.25) is 0 Å². The molecule has 6 aliphatic rings. The minimum absolute atomic E-state index is 0.101. The van der Waals surface area contributed by atoms with Crippen LogP contribution in [0, 0.1) is 46.8 Å². The third-order valence-corrected chi connectivity index (χ3v) is 9.73. The van der Waals surface area contributed by atoms with Crippen LogP contribution in [0.3, 0.4) is 0 Å². The predicted octanol–water partition coefficient (Wildman–Crippen LogP) is 4.47. The second-order valence-electron chi connectivity index (χ2n) is 10.5. The van der Waals surface area contributed by atoms with Gasteiger partial charge in [-0.2, -0.15) is 0 Å². The Hall–Kier alpha value is -1.38. The van der Waals surface area contributed by atoms with E-state index < -0.39 is 0 Å². The van der Waals surface area contributed by atoms with Crippen molar-refractivity contribution in [2.24, 2.45) is 46.8 Å². The number of rotatable bonds is 1. The van der Waals surface area contributed by atoms with Gasteiger partial charge >= 0.3 is 5.97 Å². The van der Waals surface area contributed by atoms with Crippen LogP contribution in [-0.4, -0.2) is 17.4 Å². The number of carbonyl (C=O) groups excluding carboxylic acids is 2. The van der Waals surface area contributed by atoms with Crippen LogP contribution in [0.1, 0.15) is 58.8 Å². The second kappa shape index (κ2) is 5.15. The van der Waals surface area contributed by atoms with Gasteiger partial charge in [-0.25, -0.2) is 4.79 Å². The summed E-state index contributed by atoms with van der Waals surface area (Å²) in [6.45, 7) is 4.77. The van der Waals surface area contributed by atoms with Crippen molar-refractivity contribution >= 4 is 11.8 Å². The van der Waals surface area contributed by atoms with E-state index >= 15 is 0 Å². The number of ketones is 1. The SMILES string of the molecule is CCC1CC2=CC(=O)CC[C@@H]2C2CC[C@@]3(C)C(C4CC4[C@@]34C=CC(=O)O4)C12. The minimum Gasteiger partial charge on any atom is -0.451 e. The summed E-state index contributed by atoms with van der Waals surface area (Å²) in [5.41, 5.74) is 1.25. The Bertz CT molecular complexity index is 793. The maximum atomic E-state index is 12.1. The number of hydrogen-bond donors (Lipinski definition) is 0. The highest BCUT2D eigenvalue weighted by Crippen LogP contribution is 2.78. The van der Waals surface area contributed by atoms with E-state index in [1.54, 1.807) is 6.08 Å². The molecule has 3 nitrogen and oxygen atoms in total. The van der Waals surface area contributed by atoms with Crippen molar-refractivity contribution in [3.63, 3.8) is 0 Å². The first-order valence-corrected chi connectivity index (χ1v) is 11.1. The molecule has 4 fully saturated rings. The molecule has 3 heteroatoms. The molecule has 4 saturated carbocycles. The van der Waals surface area contributed by atoms with Crippen LogP contribution < -0.4 is 0 Å². The molecule has 0 amide bonds. The summed E-state index contributed by atoms with van der Waals surface area (Å²) in [4.78, 5) is 24.1. The van der Waals surface area contributed by atoms with E-state index in [1.807, 2.05) is 6.08 Å². The average molecular weight is 367 g/mol. The summed E-state index contributed by atoms with van der Waals surface area (Å²) in [6, 6.07) is 0. The van der Waals surface area contributed by atoms with Gasteiger partial charge in [0.2, 0.25) is 0 Å². The lowest BCUT2D eigenvalue weighted by Crippen LogP contribution is -2.56. The Morgan fingerprint density at radius 3 is 2.81 bits per heavy atom. The monoisotopic (exact) mass is 366 g/mol. The van der Waals surface area contributed by atoms with Crippen LogP contribution in [0.4, 0.5) is 0 Å². The van der Waals surface area contributed by atoms with Gasteiger partial charge in [0.15, 0.2) is 5.78 Å². The number of esters is 1. The fraction of sp³-hybridized carbons (Fsp3) is 0.750. The molecule has 9 atom stereocenters. The highest BCUT2D eigenvalue weighted by Gasteiger charge is 2.78. The normalized spacial score (nSPS) is 54.7. The Labute approximate surface area is 161 Å². The van der Waals surface area contributed by atoms with Crippen molar-refractivity contribution in [3.8, 4) is 0 Å². The Balaban J connectivity index is 1.42. The van der Waals surface area contributed by atoms with Gasteiger partial charge in [0.25, 0.3) is 0 Å². The van der Waals surface area contributed by atoms with Gasteiger partial charge in [-0.1, -0.05) is 25.8 Å². The molecule has 6 rings (SSSR count). The maximum Gasteiger partial charge on any atom is 0.331 e. The minimum atomic E-state index is -0.318. The number of allylic oxidation sites excluding steroid dienone is 1. The van der Waals surface area contributed by atoms with Gasteiger partial charge in [-0.3, -0.25) is 4.79 Å². The zero-order valence-electron chi connectivity index (χ0n) is 16.4. The van der Waals surface area contributed by atoms with Crippen molar-refractivity contribution in [3.05, 3.63) is 23.8 Å². The quantitative estimate of drug-likeness (QED) is 0.643. The standard InChI is InChI=1S/C24H30O3/c1-3-13-10-14-11-15(25)4-5-16(14)17-6-8-23(2)22(21(13)17)18-12-19(18)24(23)9-7-20(26)27-24/h7,9,11,13,16-19,21-22H,3-6,8,10,12H2,1-2H3/t13?,16-,17?,18?,19?,21?,22?,23-,24-/m0/s1. The number of carbonyl (C=O) groups is 2. The number of fused-ring (bicyclic) bond motifs is 9. The van der Waals surface area contributed by atoms with Crippen LogP contribution in [0.15, 0.2) is 23.8 Å². The molecule has 0 aromatic carbocycles. The van der Waals surface area contributed by atoms with Gasteiger partial charge in [-0.15, -0.1) is 0 Å². The van der Waals surface area contributed by atoms with E-state index in [1.165, 1.54) is 24.8 Å². The van der Waals surface area contributed by atoms with E-state index in [0.717, 1.165) is 43.4 Å². The molecule has 1 aliphatic heterocycles. The summed E-state index contributed by atoms with van der Waals surface area (Å²) < 4.78 is 6.10. The smallest absolute Gasteiger partial charge is 0.331 e. The van der Waals surface area contributed by atoms with Gasteiger partial charge in [-0.05, 0) is 79.8 Å². The summed E-state index contributed by atoms with van der Waals surface area (Å²) in [6.07, 6.45) is 13.6. The molecule has 0 aromatic heterocycles. The number of ether oxygens (including phenoxy) is 1. The molecule has 1 spiro atoms. The van der Waals surface area contributed by atoms with E-state index in [4.69, 9.17) is 4.74 Å². The molecule has 0 bridgehead atoms. The molecular weight excluding hydrogens is 336 g/mol. The third kappa shape index (κ3) is 1.89. The largest absolute Gasteiger partial charge is 0.451 e. The van der Waals surface area contributed by atoms with Crippen molar-refractivity contribution in [2.45, 2.75) is 64.4 Å². The lowest BCUT2D eigenvalue weighted by Gasteiger charge is -2.59. The molecular formula is C24H30O3. The Morgan fingerprint density at radius 2 is 2.07 bits per heavy atom. The molecule has 5 aliphatic carbocycles. The van der Waals surface area contributed by atoms with Crippen LogP contribution in [0.5, 0.6) is 0 Å². The van der Waals surface area contributed by atoms with Crippen molar-refractivity contribution in [1.29, 1.82) is 0 Å². The number of hydrogen-bond acceptors (Lipinski definition) is 3. The maximum absolute atomic E-state index is 12.1. The lowest BCUT2D eigenvalue weighted by atomic mass is 9.46. The van der Waals surface area contributed by atoms with Crippen LogP contribution in [-0.2, 0) is 14.3 Å². The van der Waals surface area contributed by atoms with Crippen LogP contribution >= 0.6 is 0 Å². The fourth-order valence-corrected chi connectivity index (χ4v) is 8.73. The molecule has 27 heavy (non-hydrogen) atoms. The third-order valence-electron chi connectivity index (χ3n) is 9.73. The highest BCUT2D eigenvalue weighted by molar-refractivity contribution is 5.91. The van der Waals surface area contributed by atoms with Crippen molar-refractivity contribution < 1.29 is 14.3 Å². The first kappa shape index (κ1) is 16.6. The summed E-state index contributed by atoms with van der Waals surface area (Å²) in [7, 11) is 0. The van der Waals surface area contributed by atoms with Gasteiger partial charge in [0.05, 0.1) is 0 Å². The molecule has 0 aromatic rings. The van der Waals surface area contributed by atoms with E-state index in [2.05, 4.69) is 19.9 Å². The van der Waals surface area contributed by atoms with Gasteiger partial charge < -0.3 is 4.74 Å². The zero-order valence-corrected chi connectivity index (χ0v) is 16.4. The first-order chi connectivity index (χ1) is 13.0. The van der Waals surface area contributed by atoms with Gasteiger partial charge in [0.1, 0.15) is 5.60 Å². The second-order valence-corrected chi connectivity index (χ2v) is 10.5. The van der Waals surface area contributed by atoms with Crippen molar-refractivity contribution in [2.75, 3.05) is 0 Å². The van der Waals surface area contributed by atoms with E-state index in [9.17, 15) is 9.59 Å². The van der Waals surface area contributed by atoms with Crippen LogP contribution in [0.25, 0.3) is 0 Å². The molecule has 0 N–H and O–H groups in total. The lowest BCUT2D eigenvalue weighted by molar-refractivity contribution is -0.170. The Kier molecular flexibility index (Phi) is 3.16. The van der Waals surface area contributed by atoms with Crippen molar-refractivity contribution in [1.82, 2.24) is 0 Å². The zero-order chi connectivity index (χ0) is 18.6. The molecule has 6 unspecified atom stereocenters. The molecule has 0 saturated heterocycles. The molecule has 144 valence electrons. The fourth-order valence-electron chi connectivity index (χ4n) is 8.73. The summed E-state index contributed by atoms with van der Waals surface area (Å²) in [5, 5.41) is 0. The molecule has 1 heterocycles. The highest BCUT2D eigenvalue weighted by atomic mass is 16.6. The average Bonchev–Trinajstić information content (AvgIpc) is 3.29. The predicted molar refractivity (Wildman–Crippen MR) is 102 cm³/mol.